The Kier molecular flexibility index (Phi) is 6.44. The number of amides is 1. The van der Waals surface area contributed by atoms with Crippen LogP contribution in [0.2, 0.25) is 0 Å². The Balaban J connectivity index is 1.51. The topological polar surface area (TPSA) is 58.1 Å². The van der Waals surface area contributed by atoms with E-state index in [9.17, 15) is 9.18 Å². The average Bonchev–Trinajstić information content (AvgIpc) is 2.80. The van der Waals surface area contributed by atoms with Gasteiger partial charge in [0.2, 0.25) is 0 Å². The lowest BCUT2D eigenvalue weighted by Gasteiger charge is -2.37. The molecule has 30 heavy (non-hydrogen) atoms. The van der Waals surface area contributed by atoms with Crippen molar-refractivity contribution in [2.24, 2.45) is 5.92 Å². The Morgan fingerprint density at radius 2 is 1.83 bits per heavy atom. The Morgan fingerprint density at radius 3 is 2.53 bits per heavy atom. The predicted molar refractivity (Wildman–Crippen MR) is 113 cm³/mol. The molecule has 5 nitrogen and oxygen atoms in total. The zero-order valence-electron chi connectivity index (χ0n) is 16.7. The number of carbonyl (C=O) groups is 1. The van der Waals surface area contributed by atoms with Gasteiger partial charge in [-0.05, 0) is 67.3 Å². The number of hydrogen-bond donors (Lipinski definition) is 1. The molecule has 0 aliphatic carbocycles. The standard InChI is InChI=1S/C24H25FN4O/c25-20-11-9-18(10-12-20)16-29-15-5-6-19(17-29)23(21-7-1-3-13-26-21)28-24(30)22-8-2-4-14-27-22/h1-4,7-14,19,23H,5-6,15-17H2,(H,28,30)/t19-,23-/m1/s1. The maximum atomic E-state index is 13.2. The van der Waals surface area contributed by atoms with Gasteiger partial charge in [-0.3, -0.25) is 19.7 Å². The van der Waals surface area contributed by atoms with E-state index in [0.717, 1.165) is 43.7 Å². The van der Waals surface area contributed by atoms with Crippen LogP contribution in [0.4, 0.5) is 4.39 Å². The Bertz CT molecular complexity index is 950. The van der Waals surface area contributed by atoms with E-state index in [0.29, 0.717) is 5.69 Å². The van der Waals surface area contributed by atoms with Crippen molar-refractivity contribution >= 4 is 5.91 Å². The van der Waals surface area contributed by atoms with Gasteiger partial charge in [0, 0.05) is 25.5 Å². The summed E-state index contributed by atoms with van der Waals surface area (Å²) < 4.78 is 13.2. The summed E-state index contributed by atoms with van der Waals surface area (Å²) in [6.45, 7) is 2.58. The van der Waals surface area contributed by atoms with E-state index in [2.05, 4.69) is 20.2 Å². The van der Waals surface area contributed by atoms with Crippen LogP contribution in [0.25, 0.3) is 0 Å². The zero-order chi connectivity index (χ0) is 20.8. The molecular formula is C24H25FN4O. The first-order chi connectivity index (χ1) is 14.7. The number of piperidine rings is 1. The zero-order valence-corrected chi connectivity index (χ0v) is 16.7. The van der Waals surface area contributed by atoms with Crippen molar-refractivity contribution in [2.75, 3.05) is 13.1 Å². The van der Waals surface area contributed by atoms with Crippen LogP contribution >= 0.6 is 0 Å². The molecule has 3 aromatic rings. The molecule has 2 atom stereocenters. The lowest BCUT2D eigenvalue weighted by Crippen LogP contribution is -2.43. The summed E-state index contributed by atoms with van der Waals surface area (Å²) in [4.78, 5) is 23.9. The normalized spacial score (nSPS) is 18.0. The molecule has 0 bridgehead atoms. The highest BCUT2D eigenvalue weighted by Gasteiger charge is 2.30. The van der Waals surface area contributed by atoms with Crippen LogP contribution in [0.15, 0.2) is 73.1 Å². The van der Waals surface area contributed by atoms with Crippen LogP contribution in [-0.4, -0.2) is 33.9 Å². The number of hydrogen-bond acceptors (Lipinski definition) is 4. The van der Waals surface area contributed by atoms with Gasteiger partial charge in [-0.15, -0.1) is 0 Å². The summed E-state index contributed by atoms with van der Waals surface area (Å²) >= 11 is 0. The fourth-order valence-electron chi connectivity index (χ4n) is 4.06. The summed E-state index contributed by atoms with van der Waals surface area (Å²) in [5.74, 6) is -0.189. The first-order valence-corrected chi connectivity index (χ1v) is 10.3. The third-order valence-electron chi connectivity index (χ3n) is 5.52. The number of carbonyl (C=O) groups excluding carboxylic acids is 1. The molecule has 4 rings (SSSR count). The number of halogens is 1. The molecule has 3 heterocycles. The molecule has 0 spiro atoms. The molecule has 0 saturated carbocycles. The van der Waals surface area contributed by atoms with Gasteiger partial charge in [-0.1, -0.05) is 24.3 Å². The van der Waals surface area contributed by atoms with Crippen molar-refractivity contribution < 1.29 is 9.18 Å². The van der Waals surface area contributed by atoms with Crippen molar-refractivity contribution in [2.45, 2.75) is 25.4 Å². The second-order valence-corrected chi connectivity index (χ2v) is 7.68. The van der Waals surface area contributed by atoms with Crippen LogP contribution in [-0.2, 0) is 6.54 Å². The number of rotatable bonds is 6. The number of benzene rings is 1. The molecule has 6 heteroatoms. The maximum absolute atomic E-state index is 13.2. The maximum Gasteiger partial charge on any atom is 0.270 e. The number of nitrogens with zero attached hydrogens (tertiary/aromatic N) is 3. The van der Waals surface area contributed by atoms with Crippen LogP contribution in [0.3, 0.4) is 0 Å². The fraction of sp³-hybridized carbons (Fsp3) is 0.292. The molecule has 1 amide bonds. The molecular weight excluding hydrogens is 379 g/mol. The van der Waals surface area contributed by atoms with Crippen molar-refractivity contribution in [3.05, 3.63) is 95.8 Å². The molecule has 1 N–H and O–H groups in total. The second kappa shape index (κ2) is 9.59. The van der Waals surface area contributed by atoms with Gasteiger partial charge >= 0.3 is 0 Å². The van der Waals surface area contributed by atoms with Gasteiger partial charge in [0.15, 0.2) is 0 Å². The summed E-state index contributed by atoms with van der Waals surface area (Å²) in [7, 11) is 0. The molecule has 1 saturated heterocycles. The average molecular weight is 404 g/mol. The van der Waals surface area contributed by atoms with Crippen LogP contribution in [0, 0.1) is 11.7 Å². The number of likely N-dealkylation sites (tertiary alicyclic amines) is 1. The molecule has 154 valence electrons. The minimum absolute atomic E-state index is 0.193. The van der Waals surface area contributed by atoms with Gasteiger partial charge < -0.3 is 5.32 Å². The lowest BCUT2D eigenvalue weighted by atomic mass is 9.88. The Labute approximate surface area is 176 Å². The first kappa shape index (κ1) is 20.2. The molecule has 1 aliphatic heterocycles. The van der Waals surface area contributed by atoms with E-state index >= 15 is 0 Å². The SMILES string of the molecule is O=C(N[C@@H](c1ccccn1)[C@@H]1CCCN(Cc2ccc(F)cc2)C1)c1ccccn1. The minimum Gasteiger partial charge on any atom is -0.342 e. The van der Waals surface area contributed by atoms with Crippen molar-refractivity contribution in [3.8, 4) is 0 Å². The highest BCUT2D eigenvalue weighted by atomic mass is 19.1. The van der Waals surface area contributed by atoms with E-state index in [-0.39, 0.29) is 23.7 Å². The van der Waals surface area contributed by atoms with Crippen molar-refractivity contribution in [1.82, 2.24) is 20.2 Å². The van der Waals surface area contributed by atoms with E-state index < -0.39 is 0 Å². The first-order valence-electron chi connectivity index (χ1n) is 10.3. The highest BCUT2D eigenvalue weighted by molar-refractivity contribution is 5.92. The number of aromatic nitrogens is 2. The van der Waals surface area contributed by atoms with Gasteiger partial charge in [0.05, 0.1) is 11.7 Å². The fourth-order valence-corrected chi connectivity index (χ4v) is 4.06. The summed E-state index contributed by atoms with van der Waals surface area (Å²) in [5.41, 5.74) is 2.34. The molecule has 1 aromatic carbocycles. The largest absolute Gasteiger partial charge is 0.342 e. The molecule has 0 unspecified atom stereocenters. The van der Waals surface area contributed by atoms with Crippen LogP contribution in [0.1, 0.15) is 40.6 Å². The predicted octanol–water partition coefficient (Wildman–Crippen LogP) is 4.00. The Morgan fingerprint density at radius 1 is 1.07 bits per heavy atom. The molecule has 0 radical (unpaired) electrons. The van der Waals surface area contributed by atoms with Gasteiger partial charge in [-0.2, -0.15) is 0 Å². The van der Waals surface area contributed by atoms with E-state index in [1.165, 1.54) is 12.1 Å². The van der Waals surface area contributed by atoms with E-state index in [4.69, 9.17) is 0 Å². The van der Waals surface area contributed by atoms with Gasteiger partial charge in [-0.25, -0.2) is 4.39 Å². The van der Waals surface area contributed by atoms with E-state index in [1.54, 1.807) is 24.5 Å². The number of nitrogens with one attached hydrogen (secondary N) is 1. The minimum atomic E-state index is -0.220. The lowest BCUT2D eigenvalue weighted by molar-refractivity contribution is 0.0870. The Hall–Kier alpha value is -3.12. The molecule has 1 fully saturated rings. The molecule has 1 aliphatic rings. The highest BCUT2D eigenvalue weighted by Crippen LogP contribution is 2.30. The van der Waals surface area contributed by atoms with Crippen LogP contribution in [0.5, 0.6) is 0 Å². The van der Waals surface area contributed by atoms with Gasteiger partial charge in [0.25, 0.3) is 5.91 Å². The monoisotopic (exact) mass is 404 g/mol. The summed E-state index contributed by atoms with van der Waals surface area (Å²) in [6.07, 6.45) is 5.42. The smallest absolute Gasteiger partial charge is 0.270 e. The summed E-state index contributed by atoms with van der Waals surface area (Å²) in [5, 5.41) is 3.17. The third-order valence-corrected chi connectivity index (χ3v) is 5.52. The second-order valence-electron chi connectivity index (χ2n) is 7.68. The van der Waals surface area contributed by atoms with Crippen molar-refractivity contribution in [3.63, 3.8) is 0 Å². The summed E-state index contributed by atoms with van der Waals surface area (Å²) in [6, 6.07) is 17.6. The van der Waals surface area contributed by atoms with Crippen LogP contribution < -0.4 is 5.32 Å². The van der Waals surface area contributed by atoms with Gasteiger partial charge in [0.1, 0.15) is 11.5 Å². The number of pyridine rings is 2. The van der Waals surface area contributed by atoms with E-state index in [1.807, 2.05) is 36.4 Å². The molecule has 2 aromatic heterocycles. The third kappa shape index (κ3) is 5.07. The van der Waals surface area contributed by atoms with Crippen molar-refractivity contribution in [1.29, 1.82) is 0 Å². The quantitative estimate of drug-likeness (QED) is 0.675.